The zero-order chi connectivity index (χ0) is 13.8. The lowest BCUT2D eigenvalue weighted by Gasteiger charge is -2.14. The van der Waals surface area contributed by atoms with Gasteiger partial charge in [-0.25, -0.2) is 0 Å². The van der Waals surface area contributed by atoms with Crippen LogP contribution in [-0.2, 0) is 4.79 Å². The van der Waals surface area contributed by atoms with Crippen LogP contribution < -0.4 is 11.1 Å². The van der Waals surface area contributed by atoms with E-state index >= 15 is 0 Å². The Hall–Kier alpha value is -1.40. The van der Waals surface area contributed by atoms with E-state index in [1.807, 2.05) is 13.8 Å². The van der Waals surface area contributed by atoms with Gasteiger partial charge in [0.25, 0.3) is 0 Å². The van der Waals surface area contributed by atoms with Gasteiger partial charge in [0.1, 0.15) is 0 Å². The Balaban J connectivity index is 1.81. The van der Waals surface area contributed by atoms with Gasteiger partial charge >= 0.3 is 0 Å². The molecule has 0 spiro atoms. The Morgan fingerprint density at radius 3 is 3.05 bits per heavy atom. The van der Waals surface area contributed by atoms with Gasteiger partial charge in [0.05, 0.1) is 12.2 Å². The summed E-state index contributed by atoms with van der Waals surface area (Å²) in [5.74, 6) is 1.16. The second kappa shape index (κ2) is 6.16. The average Bonchev–Trinajstić information content (AvgIpc) is 2.98. The summed E-state index contributed by atoms with van der Waals surface area (Å²) in [5.41, 5.74) is 6.48. The van der Waals surface area contributed by atoms with Gasteiger partial charge in [-0.05, 0) is 31.3 Å². The zero-order valence-electron chi connectivity index (χ0n) is 11.6. The van der Waals surface area contributed by atoms with Crippen LogP contribution in [0.25, 0.3) is 0 Å². The van der Waals surface area contributed by atoms with E-state index in [0.29, 0.717) is 30.8 Å². The van der Waals surface area contributed by atoms with Crippen LogP contribution in [0.5, 0.6) is 0 Å². The van der Waals surface area contributed by atoms with Crippen LogP contribution in [0.3, 0.4) is 0 Å². The van der Waals surface area contributed by atoms with Crippen LogP contribution in [0.4, 0.5) is 5.88 Å². The second-order valence-electron chi connectivity index (χ2n) is 5.44. The number of hydrogen-bond acceptors (Lipinski definition) is 5. The Bertz CT molecular complexity index is 430. The summed E-state index contributed by atoms with van der Waals surface area (Å²) >= 11 is 0. The molecular formula is C13H22N4O2. The number of nitrogens with two attached hydrogens (primary N) is 1. The SMILES string of the molecule is CC(C)c1cc(NC(=O)CN2CCC(CN)C2)on1. The van der Waals surface area contributed by atoms with Crippen LogP contribution in [-0.4, -0.2) is 42.1 Å². The van der Waals surface area contributed by atoms with Crippen molar-refractivity contribution in [2.45, 2.75) is 26.2 Å². The lowest BCUT2D eigenvalue weighted by Crippen LogP contribution is -2.32. The van der Waals surface area contributed by atoms with E-state index in [4.69, 9.17) is 10.3 Å². The van der Waals surface area contributed by atoms with Gasteiger partial charge < -0.3 is 10.3 Å². The lowest BCUT2D eigenvalue weighted by molar-refractivity contribution is -0.117. The predicted molar refractivity (Wildman–Crippen MR) is 72.8 cm³/mol. The molecule has 1 amide bonds. The van der Waals surface area contributed by atoms with E-state index in [-0.39, 0.29) is 5.91 Å². The summed E-state index contributed by atoms with van der Waals surface area (Å²) < 4.78 is 5.08. The summed E-state index contributed by atoms with van der Waals surface area (Å²) in [6.45, 7) is 6.97. The van der Waals surface area contributed by atoms with E-state index in [2.05, 4.69) is 15.4 Å². The van der Waals surface area contributed by atoms with E-state index in [0.717, 1.165) is 25.2 Å². The Labute approximate surface area is 113 Å². The highest BCUT2D eigenvalue weighted by Crippen LogP contribution is 2.18. The first kappa shape index (κ1) is 14.0. The van der Waals surface area contributed by atoms with Crippen molar-refractivity contribution >= 4 is 11.8 Å². The van der Waals surface area contributed by atoms with E-state index < -0.39 is 0 Å². The molecule has 6 nitrogen and oxygen atoms in total. The van der Waals surface area contributed by atoms with E-state index in [1.165, 1.54) is 0 Å². The molecule has 0 aromatic carbocycles. The number of carbonyl (C=O) groups excluding carboxylic acids is 1. The van der Waals surface area contributed by atoms with Crippen LogP contribution in [0, 0.1) is 5.92 Å². The topological polar surface area (TPSA) is 84.4 Å². The summed E-state index contributed by atoms with van der Waals surface area (Å²) in [6.07, 6.45) is 1.07. The molecular weight excluding hydrogens is 244 g/mol. The van der Waals surface area contributed by atoms with Crippen molar-refractivity contribution in [3.8, 4) is 0 Å². The highest BCUT2D eigenvalue weighted by atomic mass is 16.5. The summed E-state index contributed by atoms with van der Waals surface area (Å²) in [4.78, 5) is 14.0. The molecule has 0 saturated carbocycles. The third kappa shape index (κ3) is 3.78. The van der Waals surface area contributed by atoms with Gasteiger partial charge in [0, 0.05) is 12.6 Å². The first-order chi connectivity index (χ1) is 9.08. The maximum Gasteiger partial charge on any atom is 0.240 e. The molecule has 0 aliphatic carbocycles. The largest absolute Gasteiger partial charge is 0.338 e. The maximum atomic E-state index is 11.9. The summed E-state index contributed by atoms with van der Waals surface area (Å²) in [6, 6.07) is 1.77. The molecule has 0 radical (unpaired) electrons. The molecule has 1 aliphatic heterocycles. The molecule has 0 bridgehead atoms. The van der Waals surface area contributed by atoms with Crippen molar-refractivity contribution in [2.24, 2.45) is 11.7 Å². The first-order valence-corrected chi connectivity index (χ1v) is 6.77. The molecule has 1 fully saturated rings. The van der Waals surface area contributed by atoms with Crippen LogP contribution in [0.2, 0.25) is 0 Å². The Morgan fingerprint density at radius 1 is 1.68 bits per heavy atom. The van der Waals surface area contributed by atoms with Crippen molar-refractivity contribution < 1.29 is 9.32 Å². The number of likely N-dealkylation sites (tertiary alicyclic amines) is 1. The van der Waals surface area contributed by atoms with E-state index in [1.54, 1.807) is 6.07 Å². The minimum atomic E-state index is -0.0656. The molecule has 19 heavy (non-hydrogen) atoms. The number of hydrogen-bond donors (Lipinski definition) is 2. The standard InChI is InChI=1S/C13H22N4O2/c1-9(2)11-5-13(19-16-11)15-12(18)8-17-4-3-10(6-14)7-17/h5,9-10H,3-4,6-8,14H2,1-2H3,(H,15,18). The fourth-order valence-corrected chi connectivity index (χ4v) is 2.25. The number of carbonyl (C=O) groups is 1. The molecule has 1 aromatic heterocycles. The molecule has 1 unspecified atom stereocenters. The fourth-order valence-electron chi connectivity index (χ4n) is 2.25. The molecule has 1 aliphatic rings. The lowest BCUT2D eigenvalue weighted by atomic mass is 10.1. The van der Waals surface area contributed by atoms with Crippen molar-refractivity contribution in [3.63, 3.8) is 0 Å². The van der Waals surface area contributed by atoms with Gasteiger partial charge in [-0.2, -0.15) is 0 Å². The van der Waals surface area contributed by atoms with Crippen LogP contribution in [0.15, 0.2) is 10.6 Å². The molecule has 1 atom stereocenters. The summed E-state index contributed by atoms with van der Waals surface area (Å²) in [5, 5.41) is 6.64. The number of nitrogens with one attached hydrogen (secondary N) is 1. The maximum absolute atomic E-state index is 11.9. The smallest absolute Gasteiger partial charge is 0.240 e. The minimum Gasteiger partial charge on any atom is -0.338 e. The highest BCUT2D eigenvalue weighted by molar-refractivity contribution is 5.91. The van der Waals surface area contributed by atoms with Crippen molar-refractivity contribution in [2.75, 3.05) is 31.5 Å². The monoisotopic (exact) mass is 266 g/mol. The van der Waals surface area contributed by atoms with Crippen LogP contribution in [0.1, 0.15) is 31.9 Å². The van der Waals surface area contributed by atoms with Crippen molar-refractivity contribution in [1.29, 1.82) is 0 Å². The van der Waals surface area contributed by atoms with Crippen molar-refractivity contribution in [3.05, 3.63) is 11.8 Å². The van der Waals surface area contributed by atoms with Gasteiger partial charge in [0.15, 0.2) is 0 Å². The predicted octanol–water partition coefficient (Wildman–Crippen LogP) is 1.02. The van der Waals surface area contributed by atoms with Gasteiger partial charge in [-0.15, -0.1) is 0 Å². The quantitative estimate of drug-likeness (QED) is 0.831. The van der Waals surface area contributed by atoms with Gasteiger partial charge in [-0.3, -0.25) is 15.0 Å². The normalized spacial score (nSPS) is 20.1. The third-order valence-electron chi connectivity index (χ3n) is 3.45. The number of amides is 1. The average molecular weight is 266 g/mol. The number of anilines is 1. The molecule has 2 rings (SSSR count). The Kier molecular flexibility index (Phi) is 4.55. The molecule has 6 heteroatoms. The number of nitrogens with zero attached hydrogens (tertiary/aromatic N) is 2. The fraction of sp³-hybridized carbons (Fsp3) is 0.692. The zero-order valence-corrected chi connectivity index (χ0v) is 11.6. The first-order valence-electron chi connectivity index (χ1n) is 6.77. The second-order valence-corrected chi connectivity index (χ2v) is 5.44. The molecule has 106 valence electrons. The highest BCUT2D eigenvalue weighted by Gasteiger charge is 2.23. The molecule has 1 saturated heterocycles. The summed E-state index contributed by atoms with van der Waals surface area (Å²) in [7, 11) is 0. The number of rotatable bonds is 5. The van der Waals surface area contributed by atoms with E-state index in [9.17, 15) is 4.79 Å². The van der Waals surface area contributed by atoms with Gasteiger partial charge in [-0.1, -0.05) is 19.0 Å². The molecule has 1 aromatic rings. The van der Waals surface area contributed by atoms with Crippen molar-refractivity contribution in [1.82, 2.24) is 10.1 Å². The Morgan fingerprint density at radius 2 is 2.47 bits per heavy atom. The molecule has 3 N–H and O–H groups in total. The third-order valence-corrected chi connectivity index (χ3v) is 3.45. The molecule has 2 heterocycles. The van der Waals surface area contributed by atoms with Crippen LogP contribution >= 0.6 is 0 Å². The van der Waals surface area contributed by atoms with Gasteiger partial charge in [0.2, 0.25) is 11.8 Å². The number of aromatic nitrogens is 1. The minimum absolute atomic E-state index is 0.0656.